The third-order valence-corrected chi connectivity index (χ3v) is 3.41. The Kier molecular flexibility index (Phi) is 4.21. The fourth-order valence-corrected chi connectivity index (χ4v) is 2.28. The van der Waals surface area contributed by atoms with Crippen LogP contribution in [0.3, 0.4) is 0 Å². The van der Waals surface area contributed by atoms with Gasteiger partial charge in [0.15, 0.2) is 0 Å². The van der Waals surface area contributed by atoms with Crippen LogP contribution in [0.4, 0.5) is 5.82 Å². The van der Waals surface area contributed by atoms with E-state index in [1.807, 2.05) is 36.2 Å². The van der Waals surface area contributed by atoms with E-state index in [0.717, 1.165) is 11.3 Å². The SMILES string of the molecule is COc1cccc(CN(C)c2nc[nH]c(=O)c2Br)c1. The van der Waals surface area contributed by atoms with Crippen molar-refractivity contribution in [2.24, 2.45) is 0 Å². The summed E-state index contributed by atoms with van der Waals surface area (Å²) in [5.74, 6) is 1.41. The van der Waals surface area contributed by atoms with Gasteiger partial charge in [0, 0.05) is 13.6 Å². The largest absolute Gasteiger partial charge is 0.497 e. The molecule has 19 heavy (non-hydrogen) atoms. The van der Waals surface area contributed by atoms with Crippen molar-refractivity contribution in [1.29, 1.82) is 0 Å². The van der Waals surface area contributed by atoms with E-state index in [4.69, 9.17) is 4.74 Å². The smallest absolute Gasteiger partial charge is 0.267 e. The molecule has 0 atom stereocenters. The van der Waals surface area contributed by atoms with E-state index < -0.39 is 0 Å². The molecule has 0 amide bonds. The van der Waals surface area contributed by atoms with Crippen LogP contribution in [0.1, 0.15) is 5.56 Å². The summed E-state index contributed by atoms with van der Waals surface area (Å²) < 4.78 is 5.62. The first kappa shape index (κ1) is 13.6. The van der Waals surface area contributed by atoms with Crippen molar-refractivity contribution in [2.75, 3.05) is 19.1 Å². The van der Waals surface area contributed by atoms with Crippen molar-refractivity contribution < 1.29 is 4.74 Å². The Morgan fingerprint density at radius 3 is 3.00 bits per heavy atom. The maximum Gasteiger partial charge on any atom is 0.267 e. The summed E-state index contributed by atoms with van der Waals surface area (Å²) in [4.78, 5) is 20.1. The number of aromatic nitrogens is 2. The maximum absolute atomic E-state index is 11.5. The first-order valence-electron chi connectivity index (χ1n) is 5.69. The van der Waals surface area contributed by atoms with Gasteiger partial charge in [-0.2, -0.15) is 0 Å². The summed E-state index contributed by atoms with van der Waals surface area (Å²) in [7, 11) is 3.52. The van der Waals surface area contributed by atoms with Crippen LogP contribution in [0, 0.1) is 0 Å². The molecule has 0 unspecified atom stereocenters. The van der Waals surface area contributed by atoms with E-state index in [9.17, 15) is 4.79 Å². The van der Waals surface area contributed by atoms with Gasteiger partial charge in [-0.25, -0.2) is 4.98 Å². The molecule has 1 N–H and O–H groups in total. The molecular weight excluding hydrogens is 310 g/mol. The molecule has 100 valence electrons. The lowest BCUT2D eigenvalue weighted by Crippen LogP contribution is -2.21. The Bertz CT molecular complexity index is 627. The van der Waals surface area contributed by atoms with Gasteiger partial charge >= 0.3 is 0 Å². The van der Waals surface area contributed by atoms with Crippen LogP contribution in [0.5, 0.6) is 5.75 Å². The molecule has 1 aromatic carbocycles. The summed E-state index contributed by atoms with van der Waals surface area (Å²) >= 11 is 3.25. The number of nitrogens with zero attached hydrogens (tertiary/aromatic N) is 2. The molecule has 0 bridgehead atoms. The number of anilines is 1. The summed E-state index contributed by atoms with van der Waals surface area (Å²) in [5.41, 5.74) is 0.887. The Morgan fingerprint density at radius 2 is 2.26 bits per heavy atom. The second-order valence-electron chi connectivity index (χ2n) is 4.08. The molecule has 0 aliphatic carbocycles. The highest BCUT2D eigenvalue weighted by Gasteiger charge is 2.10. The molecule has 1 heterocycles. The van der Waals surface area contributed by atoms with Gasteiger partial charge in [-0.15, -0.1) is 0 Å². The van der Waals surface area contributed by atoms with Gasteiger partial charge in [0.1, 0.15) is 16.0 Å². The Labute approximate surface area is 119 Å². The van der Waals surface area contributed by atoms with Crippen LogP contribution in [0.15, 0.2) is 39.9 Å². The zero-order valence-corrected chi connectivity index (χ0v) is 12.3. The number of halogens is 1. The van der Waals surface area contributed by atoms with Gasteiger partial charge in [-0.3, -0.25) is 4.79 Å². The number of methoxy groups -OCH3 is 1. The quantitative estimate of drug-likeness (QED) is 0.936. The van der Waals surface area contributed by atoms with E-state index in [-0.39, 0.29) is 5.56 Å². The van der Waals surface area contributed by atoms with Crippen LogP contribution >= 0.6 is 15.9 Å². The second-order valence-corrected chi connectivity index (χ2v) is 4.87. The molecule has 5 nitrogen and oxygen atoms in total. The summed E-state index contributed by atoms with van der Waals surface area (Å²) in [5, 5.41) is 0. The average Bonchev–Trinajstić information content (AvgIpc) is 2.42. The molecule has 0 radical (unpaired) electrons. The van der Waals surface area contributed by atoms with E-state index >= 15 is 0 Å². The minimum atomic E-state index is -0.192. The number of benzene rings is 1. The predicted octanol–water partition coefficient (Wildman–Crippen LogP) is 2.18. The van der Waals surface area contributed by atoms with Crippen molar-refractivity contribution in [2.45, 2.75) is 6.54 Å². The van der Waals surface area contributed by atoms with Crippen LogP contribution in [0.2, 0.25) is 0 Å². The highest BCUT2D eigenvalue weighted by atomic mass is 79.9. The summed E-state index contributed by atoms with van der Waals surface area (Å²) in [6.07, 6.45) is 1.39. The summed E-state index contributed by atoms with van der Waals surface area (Å²) in [6.45, 7) is 0.631. The van der Waals surface area contributed by atoms with Gasteiger partial charge < -0.3 is 14.6 Å². The Morgan fingerprint density at radius 1 is 1.47 bits per heavy atom. The number of nitrogens with one attached hydrogen (secondary N) is 1. The fraction of sp³-hybridized carbons (Fsp3) is 0.231. The zero-order valence-electron chi connectivity index (χ0n) is 10.7. The molecule has 6 heteroatoms. The van der Waals surface area contributed by atoms with Crippen LogP contribution in [0.25, 0.3) is 0 Å². The molecule has 0 saturated carbocycles. The third kappa shape index (κ3) is 3.14. The second kappa shape index (κ2) is 5.88. The van der Waals surface area contributed by atoms with Gasteiger partial charge in [-0.05, 0) is 33.6 Å². The standard InChI is InChI=1S/C13H14BrN3O2/c1-17(12-11(14)13(18)16-8-15-12)7-9-4-3-5-10(6-9)19-2/h3-6,8H,7H2,1-2H3,(H,15,16,18). The molecule has 2 rings (SSSR count). The average molecular weight is 324 g/mol. The first-order valence-corrected chi connectivity index (χ1v) is 6.48. The number of aromatic amines is 1. The zero-order chi connectivity index (χ0) is 13.8. The molecule has 0 aliphatic heterocycles. The number of hydrogen-bond acceptors (Lipinski definition) is 4. The van der Waals surface area contributed by atoms with Gasteiger partial charge in [-0.1, -0.05) is 12.1 Å². The monoisotopic (exact) mass is 323 g/mol. The Hall–Kier alpha value is -1.82. The van der Waals surface area contributed by atoms with Gasteiger partial charge in [0.05, 0.1) is 13.4 Å². The lowest BCUT2D eigenvalue weighted by molar-refractivity contribution is 0.414. The summed E-state index contributed by atoms with van der Waals surface area (Å²) in [6, 6.07) is 7.78. The van der Waals surface area contributed by atoms with Crippen molar-refractivity contribution in [1.82, 2.24) is 9.97 Å². The lowest BCUT2D eigenvalue weighted by Gasteiger charge is -2.19. The molecular formula is C13H14BrN3O2. The minimum Gasteiger partial charge on any atom is -0.497 e. The van der Waals surface area contributed by atoms with Crippen molar-refractivity contribution in [3.63, 3.8) is 0 Å². The number of hydrogen-bond donors (Lipinski definition) is 1. The van der Waals surface area contributed by atoms with E-state index in [0.29, 0.717) is 16.8 Å². The molecule has 0 fully saturated rings. The number of ether oxygens (including phenoxy) is 1. The molecule has 1 aromatic heterocycles. The molecule has 0 aliphatic rings. The van der Waals surface area contributed by atoms with E-state index in [2.05, 4.69) is 25.9 Å². The van der Waals surface area contributed by atoms with Gasteiger partial charge in [0.2, 0.25) is 0 Å². The topological polar surface area (TPSA) is 58.2 Å². The Balaban J connectivity index is 2.23. The van der Waals surface area contributed by atoms with Crippen molar-refractivity contribution in [3.05, 3.63) is 51.0 Å². The highest BCUT2D eigenvalue weighted by molar-refractivity contribution is 9.10. The van der Waals surface area contributed by atoms with Crippen LogP contribution < -0.4 is 15.2 Å². The van der Waals surface area contributed by atoms with E-state index in [1.165, 1.54) is 6.33 Å². The lowest BCUT2D eigenvalue weighted by atomic mass is 10.2. The predicted molar refractivity (Wildman–Crippen MR) is 77.7 cm³/mol. The van der Waals surface area contributed by atoms with Crippen LogP contribution in [-0.4, -0.2) is 24.1 Å². The highest BCUT2D eigenvalue weighted by Crippen LogP contribution is 2.21. The third-order valence-electron chi connectivity index (χ3n) is 2.69. The molecule has 2 aromatic rings. The van der Waals surface area contributed by atoms with Crippen LogP contribution in [-0.2, 0) is 6.54 Å². The van der Waals surface area contributed by atoms with Crippen molar-refractivity contribution in [3.8, 4) is 5.75 Å². The van der Waals surface area contributed by atoms with E-state index in [1.54, 1.807) is 7.11 Å². The number of H-pyrrole nitrogens is 1. The van der Waals surface area contributed by atoms with Crippen molar-refractivity contribution >= 4 is 21.7 Å². The normalized spacial score (nSPS) is 10.3. The molecule has 0 spiro atoms. The molecule has 0 saturated heterocycles. The minimum absolute atomic E-state index is 0.192. The number of rotatable bonds is 4. The maximum atomic E-state index is 11.5. The fourth-order valence-electron chi connectivity index (χ4n) is 1.76. The first-order chi connectivity index (χ1) is 9.11. The van der Waals surface area contributed by atoms with Gasteiger partial charge in [0.25, 0.3) is 5.56 Å².